The third kappa shape index (κ3) is 25.4. The summed E-state index contributed by atoms with van der Waals surface area (Å²) in [4.78, 5) is 83.9. The summed E-state index contributed by atoms with van der Waals surface area (Å²) in [6, 6.07) is 125. The number of hydrogen-bond acceptors (Lipinski definition) is 17. The summed E-state index contributed by atoms with van der Waals surface area (Å²) >= 11 is 19.2. The predicted molar refractivity (Wildman–Crippen MR) is 583 cm³/mol. The number of nitrogens with zero attached hydrogens (tertiary/aromatic N) is 7. The van der Waals surface area contributed by atoms with Gasteiger partial charge in [0, 0.05) is 23.6 Å². The molecule has 0 unspecified atom stereocenters. The van der Waals surface area contributed by atoms with E-state index < -0.39 is 0 Å². The van der Waals surface area contributed by atoms with Gasteiger partial charge in [-0.2, -0.15) is 0 Å². The number of fused-ring (bicyclic) bond motifs is 4. The Bertz CT molecular complexity index is 7350. The molecule has 0 amide bonds. The van der Waals surface area contributed by atoms with Crippen LogP contribution < -0.4 is 57.4 Å². The van der Waals surface area contributed by atoms with Gasteiger partial charge in [-0.25, -0.2) is 15.0 Å². The van der Waals surface area contributed by atoms with E-state index in [0.717, 1.165) is 55.6 Å². The number of aromatic amines is 1. The molecule has 0 saturated heterocycles. The molecule has 0 spiro atoms. The number of ketones is 1. The van der Waals surface area contributed by atoms with Crippen molar-refractivity contribution in [2.24, 2.45) is 0 Å². The van der Waals surface area contributed by atoms with Crippen LogP contribution in [0.1, 0.15) is 136 Å². The van der Waals surface area contributed by atoms with E-state index in [9.17, 15) is 24.0 Å². The highest BCUT2D eigenvalue weighted by Crippen LogP contribution is 2.36. The molecule has 0 bridgehead atoms. The maximum atomic E-state index is 13.6. The second-order valence-corrected chi connectivity index (χ2v) is 33.8. The number of aryl methyl sites for hydroxylation is 1. The third-order valence-corrected chi connectivity index (χ3v) is 23.5. The molecule has 4 aromatic heterocycles. The van der Waals surface area contributed by atoms with Crippen LogP contribution in [0.3, 0.4) is 0 Å². The van der Waals surface area contributed by atoms with Crippen LogP contribution in [-0.4, -0.2) is 83.3 Å². The van der Waals surface area contributed by atoms with Crippen molar-refractivity contribution < 1.29 is 28.5 Å². The van der Waals surface area contributed by atoms with Crippen LogP contribution in [0.15, 0.2) is 420 Å². The molecule has 4 heterocycles. The molecular formula is C117H110Cl2N10O10S2. The van der Waals surface area contributed by atoms with E-state index in [4.69, 9.17) is 80.5 Å². The van der Waals surface area contributed by atoms with Crippen LogP contribution in [-0.2, 0) is 0 Å². The number of rotatable bonds is 23. The molecule has 0 fully saturated rings. The van der Waals surface area contributed by atoms with E-state index >= 15 is 0 Å². The fourth-order valence-corrected chi connectivity index (χ4v) is 16.9. The number of anilines is 2. The molecule has 19 rings (SSSR count). The summed E-state index contributed by atoms with van der Waals surface area (Å²) < 4.78 is 33.4. The Balaban J connectivity index is 0.000000166. The fourth-order valence-electron chi connectivity index (χ4n) is 16.6. The van der Waals surface area contributed by atoms with E-state index in [1.54, 1.807) is 127 Å². The van der Waals surface area contributed by atoms with Gasteiger partial charge in [-0.3, -0.25) is 42.2 Å². The zero-order chi connectivity index (χ0) is 97.1. The molecule has 15 aromatic carbocycles. The van der Waals surface area contributed by atoms with Crippen molar-refractivity contribution in [2.45, 2.75) is 65.7 Å². The molecular weight excluding hydrogens is 1840 g/mol. The maximum absolute atomic E-state index is 13.6. The lowest BCUT2D eigenvalue weighted by Gasteiger charge is -2.23. The first-order valence-electron chi connectivity index (χ1n) is 44.0. The van der Waals surface area contributed by atoms with Gasteiger partial charge in [0.05, 0.1) is 103 Å². The summed E-state index contributed by atoms with van der Waals surface area (Å²) in [5.41, 5.74) is 25.5. The average Bonchev–Trinajstić information content (AvgIpc) is 0.785. The summed E-state index contributed by atoms with van der Waals surface area (Å²) in [5, 5.41) is 2.08. The van der Waals surface area contributed by atoms with Crippen molar-refractivity contribution >= 4 is 119 Å². The minimum Gasteiger partial charge on any atom is -0.497 e. The summed E-state index contributed by atoms with van der Waals surface area (Å²) in [7, 11) is 7.92. The Kier molecular flexibility index (Phi) is 37.9. The Labute approximate surface area is 840 Å². The molecule has 0 aliphatic carbocycles. The number of aromatic nitrogens is 8. The number of thiocarbonyl (C=S) groups is 1. The standard InChI is InChI=1S/C24H20N2O2.C23H20N2O2.C22H19N3O2.C22H18N2O2S.C22H21NO2.CCl2S.3CH4/c1-3-22-25-21-15-14-19(28-2)16-20(21)24(27)26(22)23(17-10-6-4-7-11-17)18-12-8-5-9-13-18;1-16-24-21-14-13-19(27-2)15-20(21)23(26)25(16)22(17-9-5-3-6-10-17)18-11-7-4-8-12-18;1-27-17-12-13-19-18(14-17)21(26)25(22(23)24-19)20(15-8-4-2-5-9-15)16-10-6-3-7-11-16;1-26-17-12-13-19-18(14-17)21(25)24(22(27)23-19)20(15-8-4-2-5-9-15)16-10-6-3-7-11-16;1-25-18-12-13-21(23)20(14-18)22(24)15-19(16-8-4-2-5-9-16)17-10-6-3-7-11-17;2-1(3)4;;;/h3-16,23H,1H2,2H3;3-15,22H,1-2H3;2-14,20H,1H3,(H2,23,24);2-14,20H,1H3,(H,23,27);2-14,19H,15,23H2,1H3;;3*1H4. The highest BCUT2D eigenvalue weighted by atomic mass is 35.5. The first-order chi connectivity index (χ1) is 67.2. The van der Waals surface area contributed by atoms with Gasteiger partial charge < -0.3 is 40.1 Å². The number of Topliss-reactive ketones (excluding diaryl/α,β-unsaturated/α-hetero) is 1. The topological polar surface area (TPSA) is 258 Å². The number of carbonyl (C=O) groups is 1. The van der Waals surface area contributed by atoms with Crippen molar-refractivity contribution in [1.29, 1.82) is 0 Å². The number of benzene rings is 15. The number of hydrogen-bond donors (Lipinski definition) is 3. The monoisotopic (exact) mass is 1950 g/mol. The number of methoxy groups -OCH3 is 5. The highest BCUT2D eigenvalue weighted by Gasteiger charge is 2.28. The van der Waals surface area contributed by atoms with Gasteiger partial charge in [0.15, 0.2) is 14.3 Å². The van der Waals surface area contributed by atoms with Gasteiger partial charge in [-0.05, 0) is 172 Å². The van der Waals surface area contributed by atoms with Gasteiger partial charge in [0.25, 0.3) is 22.2 Å². The molecule has 0 atom stereocenters. The smallest absolute Gasteiger partial charge is 0.263 e. The molecule has 5 N–H and O–H groups in total. The zero-order valence-corrected chi connectivity index (χ0v) is 79.5. The van der Waals surface area contributed by atoms with Crippen molar-refractivity contribution in [3.05, 3.63) is 520 Å². The lowest BCUT2D eigenvalue weighted by molar-refractivity contribution is 0.0978. The second-order valence-electron chi connectivity index (χ2n) is 31.6. The fraction of sp³-hybridized carbons (Fsp3) is 0.128. The largest absolute Gasteiger partial charge is 0.497 e. The van der Waals surface area contributed by atoms with Crippen molar-refractivity contribution in [2.75, 3.05) is 47.0 Å². The summed E-state index contributed by atoms with van der Waals surface area (Å²) in [6.45, 7) is 5.77. The van der Waals surface area contributed by atoms with Crippen LogP contribution in [0.5, 0.6) is 28.7 Å². The predicted octanol–water partition coefficient (Wildman–Crippen LogP) is 25.7. The van der Waals surface area contributed by atoms with Crippen molar-refractivity contribution in [3.63, 3.8) is 0 Å². The van der Waals surface area contributed by atoms with Crippen LogP contribution in [0.2, 0.25) is 0 Å². The van der Waals surface area contributed by atoms with Gasteiger partial charge in [-0.1, -0.05) is 368 Å². The molecule has 0 saturated carbocycles. The van der Waals surface area contributed by atoms with Gasteiger partial charge in [-0.15, -0.1) is 0 Å². The van der Waals surface area contributed by atoms with E-state index in [1.165, 1.54) is 0 Å². The Morgan fingerprint density at radius 2 is 0.624 bits per heavy atom. The molecule has 19 aromatic rings. The SMILES string of the molecule is C.C.C.C=Cc1nc2ccc(OC)cc2c(=O)n1C(c1ccccc1)c1ccccc1.COc1ccc(N)c(C(=O)CC(c2ccccc2)c2ccccc2)c1.COc1ccc2[nH]c(=S)n(C(c3ccccc3)c3ccccc3)c(=O)c2c1.COc1ccc2nc(C)n(C(c3ccccc3)c3ccccc3)c(=O)c2c1.COc1ccc2nc(N)n(C(c3ccccc3)c3ccccc3)c(=O)c2c1.S=C(Cl)Cl. The number of ether oxygens (including phenoxy) is 5. The van der Waals surface area contributed by atoms with Crippen LogP contribution in [0.4, 0.5) is 11.6 Å². The number of nitrogen functional groups attached to an aromatic ring is 2. The number of nitrogens with two attached hydrogens (primary N) is 2. The molecule has 141 heavy (non-hydrogen) atoms. The van der Waals surface area contributed by atoms with Gasteiger partial charge in [0.2, 0.25) is 5.95 Å². The number of halogens is 2. The Morgan fingerprint density at radius 3 is 0.965 bits per heavy atom. The Morgan fingerprint density at radius 1 is 0.362 bits per heavy atom. The summed E-state index contributed by atoms with van der Waals surface area (Å²) in [5.74, 6) is 4.52. The first kappa shape index (κ1) is 105. The maximum Gasteiger partial charge on any atom is 0.263 e. The lowest BCUT2D eigenvalue weighted by atomic mass is 9.85. The third-order valence-electron chi connectivity index (χ3n) is 23.2. The van der Waals surface area contributed by atoms with Crippen LogP contribution in [0, 0.1) is 11.7 Å². The minimum absolute atomic E-state index is 0. The number of H-pyrrole nitrogens is 1. The molecule has 0 radical (unpaired) electrons. The van der Waals surface area contributed by atoms with E-state index in [1.807, 2.05) is 310 Å². The molecule has 20 nitrogen and oxygen atoms in total. The van der Waals surface area contributed by atoms with E-state index in [-0.39, 0.29) is 90.1 Å². The molecule has 24 heteroatoms. The molecule has 0 aliphatic rings. The minimum atomic E-state index is -0.372. The second kappa shape index (κ2) is 50.7. The lowest BCUT2D eigenvalue weighted by Crippen LogP contribution is -2.29. The van der Waals surface area contributed by atoms with Crippen LogP contribution >= 0.6 is 47.6 Å². The average molecular weight is 1950 g/mol. The normalized spacial score (nSPS) is 10.6. The van der Waals surface area contributed by atoms with E-state index in [0.29, 0.717) is 106 Å². The zero-order valence-electron chi connectivity index (χ0n) is 76.3. The quantitative estimate of drug-likeness (QED) is 0.0233. The van der Waals surface area contributed by atoms with Crippen molar-refractivity contribution in [1.82, 2.24) is 38.2 Å². The number of nitrogens with one attached hydrogen (secondary N) is 1. The number of carbonyl (C=O) groups excluding carboxylic acids is 1. The van der Waals surface area contributed by atoms with Gasteiger partial charge >= 0.3 is 0 Å². The van der Waals surface area contributed by atoms with Gasteiger partial charge in [0.1, 0.15) is 40.4 Å². The molecule has 714 valence electrons. The van der Waals surface area contributed by atoms with Crippen molar-refractivity contribution in [3.8, 4) is 28.7 Å². The molecule has 0 aliphatic heterocycles. The Hall–Kier alpha value is -16.2. The van der Waals surface area contributed by atoms with Crippen LogP contribution in [0.25, 0.3) is 49.7 Å². The summed E-state index contributed by atoms with van der Waals surface area (Å²) in [6.07, 6.45) is 1.98. The van der Waals surface area contributed by atoms with E-state index in [2.05, 4.69) is 53.0 Å². The highest BCUT2D eigenvalue weighted by molar-refractivity contribution is 7.86. The first-order valence-corrected chi connectivity index (χ1v) is 45.6.